The predicted octanol–water partition coefficient (Wildman–Crippen LogP) is 2.18. The average Bonchev–Trinajstić information content (AvgIpc) is 2.64. The van der Waals surface area contributed by atoms with Gasteiger partial charge in [0.15, 0.2) is 6.61 Å². The van der Waals surface area contributed by atoms with Gasteiger partial charge in [-0.25, -0.2) is 4.79 Å². The Morgan fingerprint density at radius 1 is 1.00 bits per heavy atom. The fraction of sp³-hybridized carbons (Fsp3) is 0.222. The summed E-state index contributed by atoms with van der Waals surface area (Å²) >= 11 is 0. The molecule has 0 fully saturated rings. The highest BCUT2D eigenvalue weighted by Crippen LogP contribution is 2.16. The van der Waals surface area contributed by atoms with Gasteiger partial charge in [-0.05, 0) is 24.3 Å². The molecule has 0 aliphatic heterocycles. The van der Waals surface area contributed by atoms with Crippen LogP contribution < -0.4 is 14.8 Å². The van der Waals surface area contributed by atoms with Gasteiger partial charge in [-0.1, -0.05) is 24.3 Å². The number of para-hydroxylation sites is 1. The molecule has 0 spiro atoms. The molecule has 0 bridgehead atoms. The van der Waals surface area contributed by atoms with Crippen molar-refractivity contribution in [2.75, 3.05) is 20.8 Å². The van der Waals surface area contributed by atoms with Crippen molar-refractivity contribution < 1.29 is 23.8 Å². The van der Waals surface area contributed by atoms with E-state index in [0.717, 1.165) is 5.56 Å². The average molecular weight is 329 g/mol. The summed E-state index contributed by atoms with van der Waals surface area (Å²) in [6, 6.07) is 13.9. The number of esters is 1. The van der Waals surface area contributed by atoms with Gasteiger partial charge in [0.25, 0.3) is 5.91 Å². The van der Waals surface area contributed by atoms with Gasteiger partial charge in [-0.15, -0.1) is 0 Å². The van der Waals surface area contributed by atoms with Crippen molar-refractivity contribution in [1.29, 1.82) is 0 Å². The molecule has 2 rings (SSSR count). The summed E-state index contributed by atoms with van der Waals surface area (Å²) < 4.78 is 15.2. The predicted molar refractivity (Wildman–Crippen MR) is 88.1 cm³/mol. The maximum atomic E-state index is 11.9. The molecule has 0 aliphatic rings. The molecular weight excluding hydrogens is 310 g/mol. The van der Waals surface area contributed by atoms with Gasteiger partial charge in [0, 0.05) is 12.1 Å². The first-order valence-electron chi connectivity index (χ1n) is 7.34. The zero-order chi connectivity index (χ0) is 17.4. The second kappa shape index (κ2) is 8.57. The summed E-state index contributed by atoms with van der Waals surface area (Å²) in [5.41, 5.74) is 1.17. The molecule has 6 nitrogen and oxygen atoms in total. The Hall–Kier alpha value is -3.02. The van der Waals surface area contributed by atoms with Gasteiger partial charge in [-0.3, -0.25) is 4.79 Å². The fourth-order valence-corrected chi connectivity index (χ4v) is 2.06. The maximum Gasteiger partial charge on any atom is 0.338 e. The second-order valence-corrected chi connectivity index (χ2v) is 4.90. The summed E-state index contributed by atoms with van der Waals surface area (Å²) in [5.74, 6) is 0.259. The molecule has 2 aromatic carbocycles. The molecule has 0 aromatic heterocycles. The first-order valence-corrected chi connectivity index (χ1v) is 7.34. The number of amides is 1. The smallest absolute Gasteiger partial charge is 0.338 e. The van der Waals surface area contributed by atoms with Gasteiger partial charge in [0.2, 0.25) is 0 Å². The standard InChI is InChI=1S/C18H19NO5/c1-22-15-8-5-7-13(10-15)18(21)24-12-17(20)19-11-14-6-3-4-9-16(14)23-2/h3-10H,11-12H2,1-2H3,(H,19,20). The molecule has 1 N–H and O–H groups in total. The highest BCUT2D eigenvalue weighted by atomic mass is 16.5. The summed E-state index contributed by atoms with van der Waals surface area (Å²) in [4.78, 5) is 23.7. The molecule has 1 amide bonds. The second-order valence-electron chi connectivity index (χ2n) is 4.90. The highest BCUT2D eigenvalue weighted by Gasteiger charge is 2.11. The molecule has 0 radical (unpaired) electrons. The minimum atomic E-state index is -0.582. The molecule has 0 aliphatic carbocycles. The first-order chi connectivity index (χ1) is 11.6. The van der Waals surface area contributed by atoms with E-state index in [0.29, 0.717) is 23.6 Å². The molecule has 0 atom stereocenters. The van der Waals surface area contributed by atoms with Crippen LogP contribution in [0.4, 0.5) is 0 Å². The van der Waals surface area contributed by atoms with Crippen LogP contribution in [0.15, 0.2) is 48.5 Å². The van der Waals surface area contributed by atoms with E-state index in [1.165, 1.54) is 7.11 Å². The monoisotopic (exact) mass is 329 g/mol. The number of carbonyl (C=O) groups is 2. The molecule has 126 valence electrons. The van der Waals surface area contributed by atoms with Crippen LogP contribution in [0, 0.1) is 0 Å². The minimum Gasteiger partial charge on any atom is -0.497 e. The van der Waals surface area contributed by atoms with Gasteiger partial charge in [-0.2, -0.15) is 0 Å². The molecule has 0 saturated heterocycles. The van der Waals surface area contributed by atoms with Gasteiger partial charge in [0.1, 0.15) is 11.5 Å². The Morgan fingerprint density at radius 2 is 1.79 bits per heavy atom. The number of hydrogen-bond acceptors (Lipinski definition) is 5. The lowest BCUT2D eigenvalue weighted by molar-refractivity contribution is -0.124. The largest absolute Gasteiger partial charge is 0.497 e. The number of methoxy groups -OCH3 is 2. The first kappa shape index (κ1) is 17.3. The lowest BCUT2D eigenvalue weighted by atomic mass is 10.2. The number of carbonyl (C=O) groups excluding carboxylic acids is 2. The van der Waals surface area contributed by atoms with Crippen LogP contribution in [0.5, 0.6) is 11.5 Å². The summed E-state index contributed by atoms with van der Waals surface area (Å²) in [7, 11) is 3.08. The zero-order valence-corrected chi connectivity index (χ0v) is 13.6. The maximum absolute atomic E-state index is 11.9. The summed E-state index contributed by atoms with van der Waals surface area (Å²) in [6.07, 6.45) is 0. The number of ether oxygens (including phenoxy) is 3. The van der Waals surface area contributed by atoms with Crippen molar-refractivity contribution in [3.8, 4) is 11.5 Å². The van der Waals surface area contributed by atoms with E-state index in [1.807, 2.05) is 24.3 Å². The van der Waals surface area contributed by atoms with E-state index < -0.39 is 11.9 Å². The van der Waals surface area contributed by atoms with Crippen LogP contribution in [0.1, 0.15) is 15.9 Å². The lowest BCUT2D eigenvalue weighted by Gasteiger charge is -2.10. The van der Waals surface area contributed by atoms with E-state index in [9.17, 15) is 9.59 Å². The number of nitrogens with one attached hydrogen (secondary N) is 1. The molecule has 24 heavy (non-hydrogen) atoms. The summed E-state index contributed by atoms with van der Waals surface area (Å²) in [5, 5.41) is 2.68. The van der Waals surface area contributed by atoms with Crippen LogP contribution in [0.3, 0.4) is 0 Å². The number of benzene rings is 2. The van der Waals surface area contributed by atoms with E-state index in [4.69, 9.17) is 14.2 Å². The third-order valence-corrected chi connectivity index (χ3v) is 3.31. The van der Waals surface area contributed by atoms with E-state index in [1.54, 1.807) is 31.4 Å². The molecular formula is C18H19NO5. The van der Waals surface area contributed by atoms with E-state index in [2.05, 4.69) is 5.32 Å². The number of hydrogen-bond donors (Lipinski definition) is 1. The van der Waals surface area contributed by atoms with E-state index >= 15 is 0 Å². The molecule has 0 unspecified atom stereocenters. The van der Waals surface area contributed by atoms with Crippen molar-refractivity contribution in [1.82, 2.24) is 5.32 Å². The van der Waals surface area contributed by atoms with Gasteiger partial charge >= 0.3 is 5.97 Å². The highest BCUT2D eigenvalue weighted by molar-refractivity contribution is 5.91. The molecule has 6 heteroatoms. The molecule has 2 aromatic rings. The van der Waals surface area contributed by atoms with Crippen molar-refractivity contribution in [2.45, 2.75) is 6.54 Å². The zero-order valence-electron chi connectivity index (χ0n) is 13.6. The van der Waals surface area contributed by atoms with Crippen molar-refractivity contribution >= 4 is 11.9 Å². The Morgan fingerprint density at radius 3 is 2.54 bits per heavy atom. The van der Waals surface area contributed by atoms with E-state index in [-0.39, 0.29) is 6.61 Å². The quantitative estimate of drug-likeness (QED) is 0.788. The van der Waals surface area contributed by atoms with Crippen LogP contribution in [0.2, 0.25) is 0 Å². The van der Waals surface area contributed by atoms with Gasteiger partial charge < -0.3 is 19.5 Å². The topological polar surface area (TPSA) is 73.9 Å². The Labute approximate surface area is 140 Å². The van der Waals surface area contributed by atoms with Crippen molar-refractivity contribution in [2.24, 2.45) is 0 Å². The SMILES string of the molecule is COc1cccc(C(=O)OCC(=O)NCc2ccccc2OC)c1. The van der Waals surface area contributed by atoms with Gasteiger partial charge in [0.05, 0.1) is 19.8 Å². The Balaban J connectivity index is 1.83. The third-order valence-electron chi connectivity index (χ3n) is 3.31. The number of rotatable bonds is 7. The minimum absolute atomic E-state index is 0.291. The molecule has 0 saturated carbocycles. The van der Waals surface area contributed by atoms with Crippen LogP contribution in [-0.2, 0) is 16.1 Å². The van der Waals surface area contributed by atoms with Crippen molar-refractivity contribution in [3.63, 3.8) is 0 Å². The molecule has 0 heterocycles. The van der Waals surface area contributed by atoms with Crippen molar-refractivity contribution in [3.05, 3.63) is 59.7 Å². The van der Waals surface area contributed by atoms with Crippen LogP contribution in [0.25, 0.3) is 0 Å². The Kier molecular flexibility index (Phi) is 6.19. The fourth-order valence-electron chi connectivity index (χ4n) is 2.06. The van der Waals surface area contributed by atoms with Crippen LogP contribution in [-0.4, -0.2) is 32.7 Å². The summed E-state index contributed by atoms with van der Waals surface area (Å²) in [6.45, 7) is -0.0647. The normalized spacial score (nSPS) is 9.92. The third kappa shape index (κ3) is 4.74. The Bertz CT molecular complexity index is 714. The van der Waals surface area contributed by atoms with Crippen LogP contribution >= 0.6 is 0 Å². The lowest BCUT2D eigenvalue weighted by Crippen LogP contribution is -2.28.